The normalized spacial score (nSPS) is 10.0. The van der Waals surface area contributed by atoms with E-state index in [1.165, 1.54) is 0 Å². The quantitative estimate of drug-likeness (QED) is 0.709. The molecule has 4 heteroatoms. The molecule has 0 aromatic heterocycles. The lowest BCUT2D eigenvalue weighted by Crippen LogP contribution is -2.39. The summed E-state index contributed by atoms with van der Waals surface area (Å²) in [6, 6.07) is -0.388. The molecule has 0 aromatic carbocycles. The maximum Gasteiger partial charge on any atom is 0.321 e. The van der Waals surface area contributed by atoms with Crippen molar-refractivity contribution in [2.24, 2.45) is 5.92 Å². The van der Waals surface area contributed by atoms with Crippen molar-refractivity contribution in [1.82, 2.24) is 10.6 Å². The van der Waals surface area contributed by atoms with Crippen LogP contribution in [0.15, 0.2) is 0 Å². The summed E-state index contributed by atoms with van der Waals surface area (Å²) in [6.07, 6.45) is 2.09. The van der Waals surface area contributed by atoms with Gasteiger partial charge in [-0.15, -0.1) is 0 Å². The van der Waals surface area contributed by atoms with Gasteiger partial charge in [0, 0.05) is 13.0 Å². The van der Waals surface area contributed by atoms with E-state index in [0.29, 0.717) is 18.9 Å². The van der Waals surface area contributed by atoms with E-state index in [2.05, 4.69) is 10.6 Å². The van der Waals surface area contributed by atoms with Crippen molar-refractivity contribution in [2.45, 2.75) is 40.0 Å². The highest BCUT2D eigenvalue weighted by Gasteiger charge is 2.06. The fraction of sp³-hybridized carbons (Fsp3) is 0.800. The lowest BCUT2D eigenvalue weighted by molar-refractivity contribution is -0.120. The molecule has 82 valence electrons. The first-order chi connectivity index (χ1) is 6.56. The van der Waals surface area contributed by atoms with Crippen molar-refractivity contribution in [3.8, 4) is 0 Å². The van der Waals surface area contributed by atoms with E-state index in [1.807, 2.05) is 20.8 Å². The molecule has 0 aliphatic rings. The molecule has 0 rings (SSSR count). The van der Waals surface area contributed by atoms with Gasteiger partial charge in [0.1, 0.15) is 0 Å². The van der Waals surface area contributed by atoms with Crippen LogP contribution in [0.2, 0.25) is 0 Å². The van der Waals surface area contributed by atoms with Crippen LogP contribution in [-0.4, -0.2) is 18.5 Å². The van der Waals surface area contributed by atoms with E-state index in [0.717, 1.165) is 12.8 Å². The molecule has 0 atom stereocenters. The van der Waals surface area contributed by atoms with Crippen molar-refractivity contribution in [3.63, 3.8) is 0 Å². The predicted molar refractivity (Wildman–Crippen MR) is 55.9 cm³/mol. The van der Waals surface area contributed by atoms with Gasteiger partial charge in [-0.05, 0) is 18.8 Å². The van der Waals surface area contributed by atoms with Crippen molar-refractivity contribution in [1.29, 1.82) is 0 Å². The van der Waals surface area contributed by atoms with Crippen molar-refractivity contribution < 1.29 is 9.59 Å². The second-order valence-electron chi connectivity index (χ2n) is 3.74. The van der Waals surface area contributed by atoms with Crippen LogP contribution in [0, 0.1) is 5.92 Å². The Morgan fingerprint density at radius 3 is 2.43 bits per heavy atom. The van der Waals surface area contributed by atoms with E-state index >= 15 is 0 Å². The molecule has 14 heavy (non-hydrogen) atoms. The van der Waals surface area contributed by atoms with E-state index in [9.17, 15) is 9.59 Å². The number of amides is 3. The first-order valence-corrected chi connectivity index (χ1v) is 5.14. The standard InChI is InChI=1S/C10H20N2O2/c1-4-7-11-10(14)12-9(13)6-5-8(2)3/h8H,4-7H2,1-3H3,(H2,11,12,13,14). The van der Waals surface area contributed by atoms with Crippen LogP contribution < -0.4 is 10.6 Å². The Morgan fingerprint density at radius 1 is 1.29 bits per heavy atom. The number of rotatable bonds is 5. The highest BCUT2D eigenvalue weighted by molar-refractivity contribution is 5.94. The third-order valence-corrected chi connectivity index (χ3v) is 1.74. The highest BCUT2D eigenvalue weighted by atomic mass is 16.2. The summed E-state index contributed by atoms with van der Waals surface area (Å²) in [5, 5.41) is 4.86. The maximum absolute atomic E-state index is 11.1. The van der Waals surface area contributed by atoms with Crippen LogP contribution in [0.5, 0.6) is 0 Å². The van der Waals surface area contributed by atoms with Crippen LogP contribution >= 0.6 is 0 Å². The molecule has 0 radical (unpaired) electrons. The molecule has 2 N–H and O–H groups in total. The molecule has 3 amide bonds. The molecule has 0 saturated heterocycles. The van der Waals surface area contributed by atoms with Gasteiger partial charge in [-0.1, -0.05) is 20.8 Å². The number of urea groups is 1. The van der Waals surface area contributed by atoms with Gasteiger partial charge in [0.25, 0.3) is 0 Å². The molecule has 0 aliphatic carbocycles. The molecule has 0 saturated carbocycles. The number of hydrogen-bond donors (Lipinski definition) is 2. The van der Waals surface area contributed by atoms with Gasteiger partial charge in [0.2, 0.25) is 5.91 Å². The largest absolute Gasteiger partial charge is 0.338 e. The summed E-state index contributed by atoms with van der Waals surface area (Å²) in [6.45, 7) is 6.65. The molecular weight excluding hydrogens is 180 g/mol. The summed E-state index contributed by atoms with van der Waals surface area (Å²) >= 11 is 0. The Balaban J connectivity index is 3.55. The second kappa shape index (κ2) is 7.35. The van der Waals surface area contributed by atoms with Crippen molar-refractivity contribution >= 4 is 11.9 Å². The molecular formula is C10H20N2O2. The van der Waals surface area contributed by atoms with Crippen LogP contribution in [0.25, 0.3) is 0 Å². The topological polar surface area (TPSA) is 58.2 Å². The average molecular weight is 200 g/mol. The Kier molecular flexibility index (Phi) is 6.80. The predicted octanol–water partition coefficient (Wildman–Crippen LogP) is 1.66. The molecule has 0 bridgehead atoms. The number of imide groups is 1. The Bertz CT molecular complexity index is 191. The van der Waals surface area contributed by atoms with Gasteiger partial charge in [-0.2, -0.15) is 0 Å². The van der Waals surface area contributed by atoms with Crippen molar-refractivity contribution in [3.05, 3.63) is 0 Å². The van der Waals surface area contributed by atoms with Crippen molar-refractivity contribution in [2.75, 3.05) is 6.54 Å². The molecule has 0 spiro atoms. The molecule has 4 nitrogen and oxygen atoms in total. The first kappa shape index (κ1) is 12.9. The van der Waals surface area contributed by atoms with Crippen LogP contribution in [0.4, 0.5) is 4.79 Å². The molecule has 0 aliphatic heterocycles. The minimum absolute atomic E-state index is 0.202. The second-order valence-corrected chi connectivity index (χ2v) is 3.74. The van der Waals surface area contributed by atoms with Gasteiger partial charge in [0.15, 0.2) is 0 Å². The molecule has 0 fully saturated rings. The Morgan fingerprint density at radius 2 is 1.93 bits per heavy atom. The third kappa shape index (κ3) is 7.58. The molecule has 0 unspecified atom stereocenters. The van der Waals surface area contributed by atoms with E-state index in [4.69, 9.17) is 0 Å². The summed E-state index contributed by atoms with van der Waals surface area (Å²) < 4.78 is 0. The maximum atomic E-state index is 11.1. The Hall–Kier alpha value is -1.06. The van der Waals surface area contributed by atoms with Crippen LogP contribution in [0.1, 0.15) is 40.0 Å². The van der Waals surface area contributed by atoms with E-state index < -0.39 is 0 Å². The zero-order chi connectivity index (χ0) is 11.0. The van der Waals surface area contributed by atoms with E-state index in [-0.39, 0.29) is 11.9 Å². The third-order valence-electron chi connectivity index (χ3n) is 1.74. The van der Waals surface area contributed by atoms with Gasteiger partial charge in [-0.25, -0.2) is 4.79 Å². The Labute approximate surface area is 85.4 Å². The summed E-state index contributed by atoms with van der Waals surface area (Å²) in [4.78, 5) is 22.2. The lowest BCUT2D eigenvalue weighted by atomic mass is 10.1. The van der Waals surface area contributed by atoms with Gasteiger partial charge < -0.3 is 5.32 Å². The average Bonchev–Trinajstić information content (AvgIpc) is 2.11. The van der Waals surface area contributed by atoms with Gasteiger partial charge in [-0.3, -0.25) is 10.1 Å². The zero-order valence-corrected chi connectivity index (χ0v) is 9.22. The summed E-state index contributed by atoms with van der Waals surface area (Å²) in [5.41, 5.74) is 0. The summed E-state index contributed by atoms with van der Waals surface area (Å²) in [5.74, 6) is 0.284. The minimum Gasteiger partial charge on any atom is -0.338 e. The number of nitrogens with one attached hydrogen (secondary N) is 2. The van der Waals surface area contributed by atoms with Crippen LogP contribution in [0.3, 0.4) is 0 Å². The fourth-order valence-corrected chi connectivity index (χ4v) is 0.892. The molecule has 0 heterocycles. The minimum atomic E-state index is -0.388. The van der Waals surface area contributed by atoms with E-state index in [1.54, 1.807) is 0 Å². The SMILES string of the molecule is CCCNC(=O)NC(=O)CCC(C)C. The summed E-state index contributed by atoms with van der Waals surface area (Å²) in [7, 11) is 0. The molecule has 0 aromatic rings. The van der Waals surface area contributed by atoms with Gasteiger partial charge in [0.05, 0.1) is 0 Å². The lowest BCUT2D eigenvalue weighted by Gasteiger charge is -2.06. The number of carbonyl (C=O) groups is 2. The monoisotopic (exact) mass is 200 g/mol. The fourth-order valence-electron chi connectivity index (χ4n) is 0.892. The smallest absolute Gasteiger partial charge is 0.321 e. The number of carbonyl (C=O) groups excluding carboxylic acids is 2. The van der Waals surface area contributed by atoms with Gasteiger partial charge >= 0.3 is 6.03 Å². The first-order valence-electron chi connectivity index (χ1n) is 5.14. The number of hydrogen-bond acceptors (Lipinski definition) is 2. The highest BCUT2D eigenvalue weighted by Crippen LogP contribution is 2.02. The zero-order valence-electron chi connectivity index (χ0n) is 9.22. The van der Waals surface area contributed by atoms with Crippen LogP contribution in [-0.2, 0) is 4.79 Å².